The molecule has 1 aliphatic rings. The molecule has 0 bridgehead atoms. The van der Waals surface area contributed by atoms with Crippen molar-refractivity contribution >= 4 is 11.8 Å². The number of nitrogens with two attached hydrogens (primary N) is 1. The number of hydrogen-bond donors (Lipinski definition) is 2. The first kappa shape index (κ1) is 20.2. The molecule has 1 aliphatic carbocycles. The maximum Gasteiger partial charge on any atom is 0.221 e. The molecule has 2 aromatic rings. The summed E-state index contributed by atoms with van der Waals surface area (Å²) in [4.78, 5) is 13.0. The smallest absolute Gasteiger partial charge is 0.221 e. The molecule has 0 unspecified atom stereocenters. The summed E-state index contributed by atoms with van der Waals surface area (Å²) in [6.07, 6.45) is 12.3. The zero-order valence-electron chi connectivity index (χ0n) is 16.9. The fourth-order valence-corrected chi connectivity index (χ4v) is 3.44. The minimum atomic E-state index is 0.281. The second-order valence-electron chi connectivity index (χ2n) is 7.23. The lowest BCUT2D eigenvalue weighted by molar-refractivity contribution is 0.200. The van der Waals surface area contributed by atoms with E-state index >= 15 is 0 Å². The van der Waals surface area contributed by atoms with Crippen LogP contribution in [0.4, 0.5) is 11.8 Å². The van der Waals surface area contributed by atoms with Crippen LogP contribution in [0.1, 0.15) is 56.7 Å². The van der Waals surface area contributed by atoms with Crippen molar-refractivity contribution in [1.29, 1.82) is 0 Å². The summed E-state index contributed by atoms with van der Waals surface area (Å²) >= 11 is 0. The number of anilines is 2. The Hall–Kier alpha value is -2.57. The molecule has 0 radical (unpaired) electrons. The van der Waals surface area contributed by atoms with Gasteiger partial charge < -0.3 is 20.5 Å². The molecule has 7 nitrogen and oxygen atoms in total. The highest BCUT2D eigenvalue weighted by atomic mass is 16.5. The number of hydrogen-bond acceptors (Lipinski definition) is 7. The molecule has 1 fully saturated rings. The van der Waals surface area contributed by atoms with E-state index in [1.807, 2.05) is 6.07 Å². The number of pyridine rings is 1. The highest BCUT2D eigenvalue weighted by Crippen LogP contribution is 2.31. The molecule has 3 N–H and O–H groups in total. The molecule has 3 rings (SSSR count). The number of aromatic nitrogens is 3. The van der Waals surface area contributed by atoms with Gasteiger partial charge in [0, 0.05) is 30.1 Å². The predicted molar refractivity (Wildman–Crippen MR) is 111 cm³/mol. The maximum atomic E-state index is 6.18. The van der Waals surface area contributed by atoms with Crippen LogP contribution >= 0.6 is 0 Å². The Kier molecular flexibility index (Phi) is 7.28. The second-order valence-corrected chi connectivity index (χ2v) is 7.23. The second kappa shape index (κ2) is 10.1. The Bertz CT molecular complexity index is 762. The number of aryl methyl sites for hydroxylation is 2. The third-order valence-electron chi connectivity index (χ3n) is 5.06. The van der Waals surface area contributed by atoms with Crippen molar-refractivity contribution in [3.8, 4) is 11.5 Å². The average molecular weight is 386 g/mol. The van der Waals surface area contributed by atoms with Gasteiger partial charge in [-0.3, -0.25) is 4.98 Å². The topological polar surface area (TPSA) is 95.2 Å². The van der Waals surface area contributed by atoms with Gasteiger partial charge in [0.1, 0.15) is 5.82 Å². The highest BCUT2D eigenvalue weighted by Gasteiger charge is 2.19. The number of ether oxygens (including phenoxy) is 2. The van der Waals surface area contributed by atoms with Gasteiger partial charge in [0.15, 0.2) is 11.5 Å². The largest absolute Gasteiger partial charge is 0.491 e. The van der Waals surface area contributed by atoms with Crippen LogP contribution in [0.25, 0.3) is 0 Å². The predicted octanol–water partition coefficient (Wildman–Crippen LogP) is 3.78. The van der Waals surface area contributed by atoms with Crippen LogP contribution in [0, 0.1) is 0 Å². The quantitative estimate of drug-likeness (QED) is 0.601. The summed E-state index contributed by atoms with van der Waals surface area (Å²) < 4.78 is 11.6. The first-order valence-electron chi connectivity index (χ1n) is 10.2. The monoisotopic (exact) mass is 385 g/mol. The zero-order chi connectivity index (χ0) is 19.8. The Morgan fingerprint density at radius 2 is 1.96 bits per heavy atom. The molecule has 0 atom stereocenters. The molecule has 0 aliphatic heterocycles. The number of rotatable bonds is 10. The summed E-state index contributed by atoms with van der Waals surface area (Å²) in [7, 11) is 1.65. The Labute approximate surface area is 167 Å². The van der Waals surface area contributed by atoms with Gasteiger partial charge in [-0.05, 0) is 44.9 Å². The Balaban J connectivity index is 1.68. The summed E-state index contributed by atoms with van der Waals surface area (Å²) in [5.41, 5.74) is 7.77. The molecule has 2 heterocycles. The third-order valence-corrected chi connectivity index (χ3v) is 5.06. The van der Waals surface area contributed by atoms with Crippen LogP contribution in [0.3, 0.4) is 0 Å². The maximum absolute atomic E-state index is 6.18. The standard InChI is InChI=1S/C21H31N5O2/c1-3-4-11-23-20-15(13-25-21(22)26-20)9-10-16-12-18(19(27-2)14-24-16)28-17-7-5-6-8-17/h12-14,17H,3-11H2,1-2H3,(H3,22,23,25,26). The number of nitrogens with one attached hydrogen (secondary N) is 1. The van der Waals surface area contributed by atoms with Gasteiger partial charge in [-0.1, -0.05) is 13.3 Å². The van der Waals surface area contributed by atoms with Crippen LogP contribution in [0.2, 0.25) is 0 Å². The number of methoxy groups -OCH3 is 1. The number of nitrogen functional groups attached to an aromatic ring is 1. The summed E-state index contributed by atoms with van der Waals surface area (Å²) in [6.45, 7) is 3.04. The van der Waals surface area contributed by atoms with E-state index in [-0.39, 0.29) is 12.1 Å². The highest BCUT2D eigenvalue weighted by molar-refractivity contribution is 5.46. The Morgan fingerprint density at radius 1 is 1.14 bits per heavy atom. The van der Waals surface area contributed by atoms with E-state index in [4.69, 9.17) is 15.2 Å². The van der Waals surface area contributed by atoms with Gasteiger partial charge in [0.2, 0.25) is 5.95 Å². The molecule has 7 heteroatoms. The molecule has 0 amide bonds. The van der Waals surface area contributed by atoms with Gasteiger partial charge >= 0.3 is 0 Å². The van der Waals surface area contributed by atoms with E-state index in [2.05, 4.69) is 27.2 Å². The van der Waals surface area contributed by atoms with Crippen molar-refractivity contribution in [3.63, 3.8) is 0 Å². The van der Waals surface area contributed by atoms with E-state index in [0.29, 0.717) is 5.75 Å². The van der Waals surface area contributed by atoms with Crippen molar-refractivity contribution < 1.29 is 9.47 Å². The fraction of sp³-hybridized carbons (Fsp3) is 0.571. The lowest BCUT2D eigenvalue weighted by atomic mass is 10.1. The van der Waals surface area contributed by atoms with E-state index in [1.54, 1.807) is 19.5 Å². The van der Waals surface area contributed by atoms with Crippen LogP contribution < -0.4 is 20.5 Å². The van der Waals surface area contributed by atoms with Crippen molar-refractivity contribution in [2.24, 2.45) is 0 Å². The van der Waals surface area contributed by atoms with Crippen LogP contribution in [0.15, 0.2) is 18.5 Å². The van der Waals surface area contributed by atoms with Crippen molar-refractivity contribution in [2.75, 3.05) is 24.7 Å². The molecular formula is C21H31N5O2. The van der Waals surface area contributed by atoms with Gasteiger partial charge in [0.05, 0.1) is 19.4 Å². The zero-order valence-corrected chi connectivity index (χ0v) is 16.9. The molecule has 28 heavy (non-hydrogen) atoms. The van der Waals surface area contributed by atoms with Crippen LogP contribution in [0.5, 0.6) is 11.5 Å². The van der Waals surface area contributed by atoms with Crippen LogP contribution in [-0.4, -0.2) is 34.7 Å². The van der Waals surface area contributed by atoms with Crippen molar-refractivity contribution in [2.45, 2.75) is 64.4 Å². The van der Waals surface area contributed by atoms with E-state index in [9.17, 15) is 0 Å². The lowest BCUT2D eigenvalue weighted by Crippen LogP contribution is -2.12. The normalized spacial score (nSPS) is 14.2. The summed E-state index contributed by atoms with van der Waals surface area (Å²) in [5, 5.41) is 3.37. The molecule has 0 spiro atoms. The van der Waals surface area contributed by atoms with E-state index < -0.39 is 0 Å². The van der Waals surface area contributed by atoms with Gasteiger partial charge in [-0.15, -0.1) is 0 Å². The molecular weight excluding hydrogens is 354 g/mol. The lowest BCUT2D eigenvalue weighted by Gasteiger charge is -2.16. The molecule has 152 valence electrons. The van der Waals surface area contributed by atoms with Gasteiger partial charge in [-0.25, -0.2) is 4.98 Å². The summed E-state index contributed by atoms with van der Waals surface area (Å²) in [5.74, 6) is 2.58. The van der Waals surface area contributed by atoms with Crippen molar-refractivity contribution in [1.82, 2.24) is 15.0 Å². The number of unbranched alkanes of at least 4 members (excludes halogenated alkanes) is 1. The third kappa shape index (κ3) is 5.47. The van der Waals surface area contributed by atoms with Crippen molar-refractivity contribution in [3.05, 3.63) is 29.7 Å². The van der Waals surface area contributed by atoms with Crippen LogP contribution in [-0.2, 0) is 12.8 Å². The first-order chi connectivity index (χ1) is 13.7. The van der Waals surface area contributed by atoms with E-state index in [1.165, 1.54) is 12.8 Å². The summed E-state index contributed by atoms with van der Waals surface area (Å²) in [6, 6.07) is 2.00. The minimum Gasteiger partial charge on any atom is -0.491 e. The molecule has 1 saturated carbocycles. The fourth-order valence-electron chi connectivity index (χ4n) is 3.44. The molecule has 0 saturated heterocycles. The van der Waals surface area contributed by atoms with Gasteiger partial charge in [-0.2, -0.15) is 4.98 Å². The molecule has 2 aromatic heterocycles. The SMILES string of the molecule is CCCCNc1nc(N)ncc1CCc1cc(OC2CCCC2)c(OC)cn1. The average Bonchev–Trinajstić information content (AvgIpc) is 3.21. The first-order valence-corrected chi connectivity index (χ1v) is 10.2. The van der Waals surface area contributed by atoms with Gasteiger partial charge in [0.25, 0.3) is 0 Å². The molecule has 0 aromatic carbocycles. The Morgan fingerprint density at radius 3 is 2.71 bits per heavy atom. The van der Waals surface area contributed by atoms with E-state index in [0.717, 1.165) is 67.9 Å². The number of nitrogens with zero attached hydrogens (tertiary/aromatic N) is 3. The minimum absolute atomic E-state index is 0.281.